The van der Waals surface area contributed by atoms with Crippen LogP contribution in [0, 0.1) is 6.92 Å². The molecule has 7 heteroatoms. The number of aliphatic carboxylic acids is 1. The number of unbranched alkanes of at least 4 members (excludes halogenated alkanes) is 1. The molecule has 3 aromatic rings. The number of carboxylic acids is 1. The Kier molecular flexibility index (Phi) is 7.65. The van der Waals surface area contributed by atoms with Gasteiger partial charge in [-0.15, -0.1) is 0 Å². The zero-order chi connectivity index (χ0) is 22.2. The van der Waals surface area contributed by atoms with Gasteiger partial charge >= 0.3 is 5.97 Å². The molecule has 0 spiro atoms. The quantitative estimate of drug-likeness (QED) is 0.428. The molecule has 3 rings (SSSR count). The van der Waals surface area contributed by atoms with Crippen molar-refractivity contribution in [3.63, 3.8) is 0 Å². The third-order valence-corrected chi connectivity index (χ3v) is 4.94. The molecule has 164 valence electrons. The van der Waals surface area contributed by atoms with E-state index >= 15 is 0 Å². The van der Waals surface area contributed by atoms with Crippen molar-refractivity contribution in [1.29, 1.82) is 0 Å². The van der Waals surface area contributed by atoms with Gasteiger partial charge in [0, 0.05) is 30.1 Å². The number of carboxylic acid groups (broad SMARTS) is 1. The number of aryl methyl sites for hydroxylation is 1. The molecule has 0 saturated heterocycles. The molecule has 7 nitrogen and oxygen atoms in total. The zero-order valence-electron chi connectivity index (χ0n) is 18.3. The van der Waals surface area contributed by atoms with Crippen LogP contribution in [-0.4, -0.2) is 41.3 Å². The molecule has 0 bridgehead atoms. The predicted molar refractivity (Wildman–Crippen MR) is 122 cm³/mol. The fraction of sp³-hybridized carbons (Fsp3) is 0.375. The first-order valence-electron chi connectivity index (χ1n) is 10.6. The molecule has 0 fully saturated rings. The van der Waals surface area contributed by atoms with E-state index in [4.69, 9.17) is 19.6 Å². The maximum Gasteiger partial charge on any atom is 0.303 e. The number of hydrogen-bond acceptors (Lipinski definition) is 6. The van der Waals surface area contributed by atoms with E-state index in [1.165, 1.54) is 0 Å². The van der Waals surface area contributed by atoms with Gasteiger partial charge in [0.2, 0.25) is 0 Å². The number of rotatable bonds is 11. The lowest BCUT2D eigenvalue weighted by Gasteiger charge is -2.26. The average molecular weight is 424 g/mol. The van der Waals surface area contributed by atoms with Gasteiger partial charge in [0.15, 0.2) is 11.5 Å². The molecule has 1 heterocycles. The molecular formula is C24H29N3O4. The Morgan fingerprint density at radius 1 is 1.10 bits per heavy atom. The van der Waals surface area contributed by atoms with Crippen LogP contribution in [0.5, 0.6) is 11.5 Å². The highest BCUT2D eigenvalue weighted by Crippen LogP contribution is 2.36. The number of fused-ring (bicyclic) bond motifs is 1. The lowest BCUT2D eigenvalue weighted by Crippen LogP contribution is -2.20. The Balaban J connectivity index is 1.99. The molecule has 0 saturated carbocycles. The summed E-state index contributed by atoms with van der Waals surface area (Å²) in [7, 11) is 1.59. The number of benzene rings is 2. The lowest BCUT2D eigenvalue weighted by molar-refractivity contribution is -0.137. The van der Waals surface area contributed by atoms with Gasteiger partial charge in [-0.2, -0.15) is 0 Å². The normalized spacial score (nSPS) is 10.8. The molecule has 0 amide bonds. The van der Waals surface area contributed by atoms with Gasteiger partial charge in [0.1, 0.15) is 11.6 Å². The second-order valence-electron chi connectivity index (χ2n) is 7.30. The number of para-hydroxylation sites is 1. The van der Waals surface area contributed by atoms with Gasteiger partial charge < -0.3 is 19.5 Å². The molecule has 0 radical (unpaired) electrons. The number of hydrogen-bond donors (Lipinski definition) is 1. The van der Waals surface area contributed by atoms with Crippen molar-refractivity contribution in [3.8, 4) is 11.5 Å². The van der Waals surface area contributed by atoms with E-state index in [1.54, 1.807) is 7.11 Å². The largest absolute Gasteiger partial charge is 0.493 e. The zero-order valence-corrected chi connectivity index (χ0v) is 18.3. The fourth-order valence-electron chi connectivity index (χ4n) is 3.40. The first-order valence-corrected chi connectivity index (χ1v) is 10.6. The van der Waals surface area contributed by atoms with Gasteiger partial charge in [-0.25, -0.2) is 9.97 Å². The second kappa shape index (κ2) is 10.6. The van der Waals surface area contributed by atoms with Crippen molar-refractivity contribution in [2.45, 2.75) is 39.5 Å². The van der Waals surface area contributed by atoms with E-state index in [0.29, 0.717) is 30.4 Å². The van der Waals surface area contributed by atoms with Gasteiger partial charge in [-0.05, 0) is 44.0 Å². The Bertz CT molecular complexity index is 1040. The Morgan fingerprint density at radius 2 is 1.90 bits per heavy atom. The Labute approximate surface area is 182 Å². The summed E-state index contributed by atoms with van der Waals surface area (Å²) in [6.07, 6.45) is 2.54. The van der Waals surface area contributed by atoms with E-state index < -0.39 is 5.97 Å². The Morgan fingerprint density at radius 3 is 2.65 bits per heavy atom. The standard InChI is InChI=1S/C24H29N3O4/c1-4-5-14-27(24-19-9-6-7-10-20(19)25-17(2)26-24)18-12-13-21(30-3)22(16-18)31-15-8-11-23(28)29/h6-7,9-10,12-13,16H,4-5,8,11,14-15H2,1-3H3,(H,28,29). The topological polar surface area (TPSA) is 84.8 Å². The van der Waals surface area contributed by atoms with Gasteiger partial charge in [-0.3, -0.25) is 4.79 Å². The third-order valence-electron chi connectivity index (χ3n) is 4.94. The highest BCUT2D eigenvalue weighted by molar-refractivity contribution is 5.91. The smallest absolute Gasteiger partial charge is 0.303 e. The first kappa shape index (κ1) is 22.3. The number of anilines is 2. The van der Waals surface area contributed by atoms with Crippen LogP contribution in [0.15, 0.2) is 42.5 Å². The molecule has 0 atom stereocenters. The molecular weight excluding hydrogens is 394 g/mol. The number of ether oxygens (including phenoxy) is 2. The van der Waals surface area contributed by atoms with E-state index in [1.807, 2.05) is 49.4 Å². The summed E-state index contributed by atoms with van der Waals surface area (Å²) in [4.78, 5) is 22.3. The van der Waals surface area contributed by atoms with Gasteiger partial charge in [0.25, 0.3) is 0 Å². The summed E-state index contributed by atoms with van der Waals surface area (Å²) in [6.45, 7) is 5.16. The molecule has 0 unspecified atom stereocenters. The SMILES string of the molecule is CCCCN(c1ccc(OC)c(OCCCC(=O)O)c1)c1nc(C)nc2ccccc12. The van der Waals surface area contributed by atoms with Crippen LogP contribution < -0.4 is 14.4 Å². The van der Waals surface area contributed by atoms with Crippen LogP contribution in [-0.2, 0) is 4.79 Å². The summed E-state index contributed by atoms with van der Waals surface area (Å²) in [5, 5.41) is 9.84. The van der Waals surface area contributed by atoms with Crippen LogP contribution >= 0.6 is 0 Å². The maximum absolute atomic E-state index is 10.8. The molecule has 0 aliphatic carbocycles. The van der Waals surface area contributed by atoms with E-state index in [2.05, 4.69) is 16.8 Å². The van der Waals surface area contributed by atoms with Crippen LogP contribution in [0.3, 0.4) is 0 Å². The summed E-state index contributed by atoms with van der Waals surface area (Å²) < 4.78 is 11.3. The molecule has 0 aliphatic heterocycles. The molecule has 2 aromatic carbocycles. The summed E-state index contributed by atoms with van der Waals surface area (Å²) in [5.41, 5.74) is 1.84. The third kappa shape index (κ3) is 5.63. The van der Waals surface area contributed by atoms with Crippen molar-refractivity contribution in [2.24, 2.45) is 0 Å². The van der Waals surface area contributed by atoms with E-state index in [-0.39, 0.29) is 6.42 Å². The van der Waals surface area contributed by atoms with Crippen LogP contribution in [0.4, 0.5) is 11.5 Å². The van der Waals surface area contributed by atoms with E-state index in [9.17, 15) is 4.79 Å². The number of nitrogens with zero attached hydrogens (tertiary/aromatic N) is 3. The minimum absolute atomic E-state index is 0.0663. The first-order chi connectivity index (χ1) is 15.0. The highest BCUT2D eigenvalue weighted by Gasteiger charge is 2.17. The molecule has 31 heavy (non-hydrogen) atoms. The summed E-state index contributed by atoms with van der Waals surface area (Å²) in [6, 6.07) is 13.8. The number of aromatic nitrogens is 2. The minimum Gasteiger partial charge on any atom is -0.493 e. The van der Waals surface area contributed by atoms with Crippen molar-refractivity contribution < 1.29 is 19.4 Å². The summed E-state index contributed by atoms with van der Waals surface area (Å²) >= 11 is 0. The fourth-order valence-corrected chi connectivity index (χ4v) is 3.40. The highest BCUT2D eigenvalue weighted by atomic mass is 16.5. The van der Waals surface area contributed by atoms with Crippen LogP contribution in [0.1, 0.15) is 38.4 Å². The van der Waals surface area contributed by atoms with Crippen molar-refractivity contribution in [3.05, 3.63) is 48.3 Å². The monoisotopic (exact) mass is 423 g/mol. The van der Waals surface area contributed by atoms with Gasteiger partial charge in [0.05, 0.1) is 19.2 Å². The van der Waals surface area contributed by atoms with Crippen molar-refractivity contribution >= 4 is 28.4 Å². The molecule has 0 aliphatic rings. The number of methoxy groups -OCH3 is 1. The molecule has 1 N–H and O–H groups in total. The average Bonchev–Trinajstić information content (AvgIpc) is 2.76. The minimum atomic E-state index is -0.832. The van der Waals surface area contributed by atoms with Crippen molar-refractivity contribution in [1.82, 2.24) is 9.97 Å². The van der Waals surface area contributed by atoms with Gasteiger partial charge in [-0.1, -0.05) is 25.5 Å². The van der Waals surface area contributed by atoms with Crippen molar-refractivity contribution in [2.75, 3.05) is 25.2 Å². The predicted octanol–water partition coefficient (Wildman–Crippen LogP) is 5.13. The number of carbonyl (C=O) groups is 1. The Hall–Kier alpha value is -3.35. The van der Waals surface area contributed by atoms with Crippen LogP contribution in [0.25, 0.3) is 10.9 Å². The second-order valence-corrected chi connectivity index (χ2v) is 7.30. The van der Waals surface area contributed by atoms with Crippen LogP contribution in [0.2, 0.25) is 0 Å². The van der Waals surface area contributed by atoms with E-state index in [0.717, 1.165) is 41.8 Å². The summed E-state index contributed by atoms with van der Waals surface area (Å²) in [5.74, 6) is 1.94. The molecule has 1 aromatic heterocycles. The maximum atomic E-state index is 10.8. The lowest BCUT2D eigenvalue weighted by atomic mass is 10.1.